The zero-order valence-corrected chi connectivity index (χ0v) is 12.7. The summed E-state index contributed by atoms with van der Waals surface area (Å²) in [4.78, 5) is 5.71. The summed E-state index contributed by atoms with van der Waals surface area (Å²) in [6.07, 6.45) is 0.895. The van der Waals surface area contributed by atoms with Gasteiger partial charge in [-0.2, -0.15) is 0 Å². The maximum atomic E-state index is 5.64. The van der Waals surface area contributed by atoms with Gasteiger partial charge in [-0.1, -0.05) is 27.7 Å². The molecule has 1 aromatic carbocycles. The molecule has 17 heavy (non-hydrogen) atoms. The van der Waals surface area contributed by atoms with Gasteiger partial charge in [0, 0.05) is 20.4 Å². The van der Waals surface area contributed by atoms with Crippen LogP contribution in [0.2, 0.25) is 0 Å². The molecule has 1 heterocycles. The first-order valence-electron chi connectivity index (χ1n) is 5.27. The van der Waals surface area contributed by atoms with Crippen LogP contribution in [0.15, 0.2) is 37.3 Å². The van der Waals surface area contributed by atoms with Gasteiger partial charge in [-0.3, -0.25) is 0 Å². The van der Waals surface area contributed by atoms with Crippen LogP contribution in [0.4, 0.5) is 0 Å². The molecule has 2 rings (SSSR count). The zero-order valence-electron chi connectivity index (χ0n) is 9.44. The molecule has 0 radical (unpaired) electrons. The van der Waals surface area contributed by atoms with Gasteiger partial charge in [0.05, 0.1) is 0 Å². The van der Waals surface area contributed by atoms with E-state index in [9.17, 15) is 0 Å². The van der Waals surface area contributed by atoms with Gasteiger partial charge < -0.3 is 5.73 Å². The Balaban J connectivity index is 2.25. The van der Waals surface area contributed by atoms with E-state index in [0.717, 1.165) is 20.9 Å². The van der Waals surface area contributed by atoms with Gasteiger partial charge in [0.2, 0.25) is 0 Å². The molecule has 5 heteroatoms. The lowest BCUT2D eigenvalue weighted by Crippen LogP contribution is -2.03. The summed E-state index contributed by atoms with van der Waals surface area (Å²) in [5, 5.41) is 2.07. The van der Waals surface area contributed by atoms with Gasteiger partial charge in [0.15, 0.2) is 4.34 Å². The number of halogens is 1. The van der Waals surface area contributed by atoms with Crippen LogP contribution in [0.3, 0.4) is 0 Å². The van der Waals surface area contributed by atoms with Crippen LogP contribution in [0.1, 0.15) is 11.3 Å². The van der Waals surface area contributed by atoms with Crippen LogP contribution >= 0.6 is 39.0 Å². The third kappa shape index (κ3) is 3.55. The Labute approximate surface area is 118 Å². The predicted molar refractivity (Wildman–Crippen MR) is 77.9 cm³/mol. The second kappa shape index (κ2) is 6.00. The molecule has 2 nitrogen and oxygen atoms in total. The van der Waals surface area contributed by atoms with Crippen molar-refractivity contribution in [3.63, 3.8) is 0 Å². The van der Waals surface area contributed by atoms with E-state index in [4.69, 9.17) is 5.73 Å². The Hall–Kier alpha value is -0.360. The van der Waals surface area contributed by atoms with Crippen LogP contribution in [-0.4, -0.2) is 11.5 Å². The topological polar surface area (TPSA) is 38.9 Å². The predicted octanol–water partition coefficient (Wildman–Crippen LogP) is 3.87. The molecule has 2 aromatic rings. The van der Waals surface area contributed by atoms with Crippen molar-refractivity contribution < 1.29 is 0 Å². The molecule has 1 aromatic heterocycles. The summed E-state index contributed by atoms with van der Waals surface area (Å²) in [5.74, 6) is 0. The molecule has 0 spiro atoms. The van der Waals surface area contributed by atoms with Crippen molar-refractivity contribution in [1.82, 2.24) is 4.98 Å². The van der Waals surface area contributed by atoms with Gasteiger partial charge in [-0.25, -0.2) is 4.98 Å². The highest BCUT2D eigenvalue weighted by molar-refractivity contribution is 9.10. The van der Waals surface area contributed by atoms with Crippen molar-refractivity contribution in [3.05, 3.63) is 39.3 Å². The van der Waals surface area contributed by atoms with Gasteiger partial charge >= 0.3 is 0 Å². The smallest absolute Gasteiger partial charge is 0.154 e. The van der Waals surface area contributed by atoms with Crippen molar-refractivity contribution in [2.24, 2.45) is 5.73 Å². The van der Waals surface area contributed by atoms with Crippen molar-refractivity contribution in [2.45, 2.75) is 22.6 Å². The Bertz CT molecular complexity index is 511. The van der Waals surface area contributed by atoms with E-state index >= 15 is 0 Å². The number of nitrogens with zero attached hydrogens (tertiary/aromatic N) is 1. The average Bonchev–Trinajstić information content (AvgIpc) is 2.69. The number of aryl methyl sites for hydroxylation is 1. The quantitative estimate of drug-likeness (QED) is 0.925. The lowest BCUT2D eigenvalue weighted by Gasteiger charge is -2.07. The Morgan fingerprint density at radius 3 is 2.94 bits per heavy atom. The summed E-state index contributed by atoms with van der Waals surface area (Å²) in [6.45, 7) is 2.68. The normalized spacial score (nSPS) is 10.8. The molecule has 0 amide bonds. The van der Waals surface area contributed by atoms with E-state index in [1.165, 1.54) is 10.5 Å². The molecule has 2 N–H and O–H groups in total. The van der Waals surface area contributed by atoms with Gasteiger partial charge in [0.1, 0.15) is 0 Å². The second-order valence-corrected chi connectivity index (χ2v) is 6.71. The summed E-state index contributed by atoms with van der Waals surface area (Å²) in [6, 6.07) is 6.31. The van der Waals surface area contributed by atoms with Crippen LogP contribution in [0.25, 0.3) is 0 Å². The number of hydrogen-bond donors (Lipinski definition) is 1. The number of thiazole rings is 1. The van der Waals surface area contributed by atoms with E-state index < -0.39 is 0 Å². The van der Waals surface area contributed by atoms with E-state index in [0.29, 0.717) is 6.54 Å². The van der Waals surface area contributed by atoms with Crippen molar-refractivity contribution >= 4 is 39.0 Å². The fourth-order valence-corrected chi connectivity index (χ4v) is 3.81. The molecule has 0 bridgehead atoms. The second-order valence-electron chi connectivity index (χ2n) is 3.65. The molecular formula is C12H13BrN2S2. The summed E-state index contributed by atoms with van der Waals surface area (Å²) in [5.41, 5.74) is 8.00. The Morgan fingerprint density at radius 2 is 2.29 bits per heavy atom. The van der Waals surface area contributed by atoms with E-state index in [1.54, 1.807) is 23.1 Å². The molecule has 0 saturated carbocycles. The summed E-state index contributed by atoms with van der Waals surface area (Å²) in [7, 11) is 0. The summed E-state index contributed by atoms with van der Waals surface area (Å²) >= 11 is 6.89. The average molecular weight is 329 g/mol. The standard InChI is InChI=1S/C12H13BrN2S2/c1-8-7-16-12(15-8)17-11-3-2-10(13)6-9(11)4-5-14/h2-3,6-7H,4-5,14H2,1H3. The molecular weight excluding hydrogens is 316 g/mol. The third-order valence-electron chi connectivity index (χ3n) is 2.23. The van der Waals surface area contributed by atoms with Crippen LogP contribution < -0.4 is 5.73 Å². The van der Waals surface area contributed by atoms with Crippen molar-refractivity contribution in [3.8, 4) is 0 Å². The number of rotatable bonds is 4. The fourth-order valence-electron chi connectivity index (χ4n) is 1.47. The maximum absolute atomic E-state index is 5.64. The van der Waals surface area contributed by atoms with Gasteiger partial charge in [-0.05, 0) is 43.7 Å². The largest absolute Gasteiger partial charge is 0.330 e. The van der Waals surface area contributed by atoms with Crippen LogP contribution in [0, 0.1) is 6.92 Å². The van der Waals surface area contributed by atoms with Crippen molar-refractivity contribution in [2.75, 3.05) is 6.54 Å². The van der Waals surface area contributed by atoms with E-state index in [-0.39, 0.29) is 0 Å². The zero-order chi connectivity index (χ0) is 12.3. The highest BCUT2D eigenvalue weighted by Gasteiger charge is 2.07. The fraction of sp³-hybridized carbons (Fsp3) is 0.250. The molecule has 0 aliphatic carbocycles. The molecule has 0 saturated heterocycles. The molecule has 0 atom stereocenters. The SMILES string of the molecule is Cc1csc(Sc2ccc(Br)cc2CCN)n1. The number of hydrogen-bond acceptors (Lipinski definition) is 4. The lowest BCUT2D eigenvalue weighted by atomic mass is 10.1. The van der Waals surface area contributed by atoms with Crippen molar-refractivity contribution in [1.29, 1.82) is 0 Å². The van der Waals surface area contributed by atoms with Crippen LogP contribution in [-0.2, 0) is 6.42 Å². The highest BCUT2D eigenvalue weighted by Crippen LogP contribution is 2.34. The number of aromatic nitrogens is 1. The lowest BCUT2D eigenvalue weighted by molar-refractivity contribution is 0.942. The first-order valence-corrected chi connectivity index (χ1v) is 7.76. The molecule has 0 aliphatic rings. The highest BCUT2D eigenvalue weighted by atomic mass is 79.9. The number of nitrogens with two attached hydrogens (primary N) is 1. The molecule has 0 aliphatic heterocycles. The Kier molecular flexibility index (Phi) is 4.62. The molecule has 0 unspecified atom stereocenters. The third-order valence-corrected chi connectivity index (χ3v) is 4.90. The minimum Gasteiger partial charge on any atom is -0.330 e. The Morgan fingerprint density at radius 1 is 1.47 bits per heavy atom. The maximum Gasteiger partial charge on any atom is 0.154 e. The van der Waals surface area contributed by atoms with Gasteiger partial charge in [-0.15, -0.1) is 11.3 Å². The number of benzene rings is 1. The van der Waals surface area contributed by atoms with Crippen LogP contribution in [0.5, 0.6) is 0 Å². The monoisotopic (exact) mass is 328 g/mol. The first-order chi connectivity index (χ1) is 8.19. The van der Waals surface area contributed by atoms with E-state index in [1.807, 2.05) is 6.92 Å². The summed E-state index contributed by atoms with van der Waals surface area (Å²) < 4.78 is 2.18. The van der Waals surface area contributed by atoms with E-state index in [2.05, 4.69) is 44.5 Å². The molecule has 0 fully saturated rings. The minimum absolute atomic E-state index is 0.668. The minimum atomic E-state index is 0.668. The molecule has 90 valence electrons. The van der Waals surface area contributed by atoms with Gasteiger partial charge in [0.25, 0.3) is 0 Å². The first kappa shape index (κ1) is 13.1.